The molecule has 0 saturated heterocycles. The fraction of sp³-hybridized carbons (Fsp3) is 0.533. The Balaban J connectivity index is 2.50. The van der Waals surface area contributed by atoms with E-state index in [1.165, 1.54) is 7.11 Å². The molecule has 1 N–H and O–H groups in total. The quantitative estimate of drug-likeness (QED) is 0.555. The van der Waals surface area contributed by atoms with Crippen LogP contribution in [0.25, 0.3) is 0 Å². The molecular formula is C15H23NO4. The number of methoxy groups -OCH3 is 2. The zero-order chi connectivity index (χ0) is 14.8. The molecule has 112 valence electrons. The summed E-state index contributed by atoms with van der Waals surface area (Å²) in [5, 5.41) is 3.26. The van der Waals surface area contributed by atoms with Gasteiger partial charge in [0.2, 0.25) is 0 Å². The molecule has 0 spiro atoms. The predicted octanol–water partition coefficient (Wildman–Crippen LogP) is 2.14. The molecule has 1 rings (SSSR count). The van der Waals surface area contributed by atoms with Gasteiger partial charge < -0.3 is 19.5 Å². The van der Waals surface area contributed by atoms with Crippen molar-refractivity contribution < 1.29 is 19.0 Å². The van der Waals surface area contributed by atoms with Crippen molar-refractivity contribution in [2.45, 2.75) is 26.3 Å². The van der Waals surface area contributed by atoms with Gasteiger partial charge in [0.15, 0.2) is 11.5 Å². The zero-order valence-corrected chi connectivity index (χ0v) is 12.4. The second-order valence-electron chi connectivity index (χ2n) is 4.29. The summed E-state index contributed by atoms with van der Waals surface area (Å²) in [5.41, 5.74) is 1.14. The average molecular weight is 281 g/mol. The van der Waals surface area contributed by atoms with Crippen LogP contribution in [0.3, 0.4) is 0 Å². The SMILES string of the molecule is CCNCc1ccc(OCCCC(=O)OC)c(OC)c1. The lowest BCUT2D eigenvalue weighted by Crippen LogP contribution is -2.11. The van der Waals surface area contributed by atoms with Gasteiger partial charge in [-0.25, -0.2) is 0 Å². The minimum absolute atomic E-state index is 0.221. The molecule has 0 heterocycles. The van der Waals surface area contributed by atoms with Gasteiger partial charge in [0.25, 0.3) is 0 Å². The molecule has 5 nitrogen and oxygen atoms in total. The van der Waals surface area contributed by atoms with Crippen LogP contribution in [0.1, 0.15) is 25.3 Å². The summed E-state index contributed by atoms with van der Waals surface area (Å²) < 4.78 is 15.5. The first-order valence-electron chi connectivity index (χ1n) is 6.78. The van der Waals surface area contributed by atoms with E-state index >= 15 is 0 Å². The Kier molecular flexibility index (Phi) is 7.50. The maximum Gasteiger partial charge on any atom is 0.305 e. The molecule has 20 heavy (non-hydrogen) atoms. The summed E-state index contributed by atoms with van der Waals surface area (Å²) in [6.07, 6.45) is 0.978. The van der Waals surface area contributed by atoms with E-state index in [9.17, 15) is 4.79 Å². The predicted molar refractivity (Wildman–Crippen MR) is 77.1 cm³/mol. The van der Waals surface area contributed by atoms with Gasteiger partial charge in [-0.1, -0.05) is 13.0 Å². The van der Waals surface area contributed by atoms with Crippen LogP contribution >= 0.6 is 0 Å². The van der Waals surface area contributed by atoms with E-state index < -0.39 is 0 Å². The summed E-state index contributed by atoms with van der Waals surface area (Å²) in [4.78, 5) is 11.0. The highest BCUT2D eigenvalue weighted by Gasteiger charge is 2.06. The lowest BCUT2D eigenvalue weighted by Gasteiger charge is -2.12. The third-order valence-corrected chi connectivity index (χ3v) is 2.82. The van der Waals surface area contributed by atoms with Crippen molar-refractivity contribution >= 4 is 5.97 Å². The highest BCUT2D eigenvalue weighted by molar-refractivity contribution is 5.69. The molecule has 0 aliphatic rings. The van der Waals surface area contributed by atoms with Crippen molar-refractivity contribution in [1.29, 1.82) is 0 Å². The van der Waals surface area contributed by atoms with E-state index in [0.717, 1.165) is 18.7 Å². The largest absolute Gasteiger partial charge is 0.493 e. The van der Waals surface area contributed by atoms with Gasteiger partial charge in [-0.2, -0.15) is 0 Å². The monoisotopic (exact) mass is 281 g/mol. The fourth-order valence-corrected chi connectivity index (χ4v) is 1.71. The minimum atomic E-state index is -0.221. The first-order valence-corrected chi connectivity index (χ1v) is 6.78. The summed E-state index contributed by atoms with van der Waals surface area (Å²) in [5.74, 6) is 1.18. The van der Waals surface area contributed by atoms with Crippen LogP contribution in [0.15, 0.2) is 18.2 Å². The number of ether oxygens (including phenoxy) is 3. The molecule has 0 aliphatic heterocycles. The average Bonchev–Trinajstić information content (AvgIpc) is 2.49. The van der Waals surface area contributed by atoms with E-state index in [4.69, 9.17) is 9.47 Å². The van der Waals surface area contributed by atoms with Gasteiger partial charge in [0.1, 0.15) is 0 Å². The second-order valence-corrected chi connectivity index (χ2v) is 4.29. The van der Waals surface area contributed by atoms with Gasteiger partial charge in [-0.3, -0.25) is 4.79 Å². The Bertz CT molecular complexity index is 420. The molecule has 0 saturated carbocycles. The van der Waals surface area contributed by atoms with Crippen LogP contribution in [0.2, 0.25) is 0 Å². The minimum Gasteiger partial charge on any atom is -0.493 e. The molecule has 0 atom stereocenters. The van der Waals surface area contributed by atoms with Gasteiger partial charge in [0, 0.05) is 13.0 Å². The Morgan fingerprint density at radius 2 is 2.05 bits per heavy atom. The molecule has 0 aliphatic carbocycles. The van der Waals surface area contributed by atoms with E-state index in [0.29, 0.717) is 30.9 Å². The number of hydrogen-bond acceptors (Lipinski definition) is 5. The maximum absolute atomic E-state index is 11.0. The summed E-state index contributed by atoms with van der Waals surface area (Å²) in [6, 6.07) is 5.85. The molecule has 0 radical (unpaired) electrons. The molecule has 1 aromatic carbocycles. The highest BCUT2D eigenvalue weighted by Crippen LogP contribution is 2.28. The Labute approximate surface area is 120 Å². The standard InChI is InChI=1S/C15H23NO4/c1-4-16-11-12-7-8-13(14(10-12)18-2)20-9-5-6-15(17)19-3/h7-8,10,16H,4-6,9,11H2,1-3H3. The molecule has 0 bridgehead atoms. The first kappa shape index (κ1) is 16.3. The van der Waals surface area contributed by atoms with E-state index in [1.54, 1.807) is 7.11 Å². The Morgan fingerprint density at radius 3 is 2.70 bits per heavy atom. The third-order valence-electron chi connectivity index (χ3n) is 2.82. The van der Waals surface area contributed by atoms with Crippen molar-refractivity contribution in [2.75, 3.05) is 27.4 Å². The smallest absolute Gasteiger partial charge is 0.305 e. The molecule has 1 aromatic rings. The fourth-order valence-electron chi connectivity index (χ4n) is 1.71. The third kappa shape index (κ3) is 5.48. The number of hydrogen-bond donors (Lipinski definition) is 1. The van der Waals surface area contributed by atoms with E-state index in [-0.39, 0.29) is 5.97 Å². The van der Waals surface area contributed by atoms with Crippen molar-refractivity contribution in [3.05, 3.63) is 23.8 Å². The van der Waals surface area contributed by atoms with Crippen LogP contribution in [-0.2, 0) is 16.1 Å². The van der Waals surface area contributed by atoms with E-state index in [2.05, 4.69) is 17.0 Å². The number of benzene rings is 1. The van der Waals surface area contributed by atoms with Crippen molar-refractivity contribution in [1.82, 2.24) is 5.32 Å². The Morgan fingerprint density at radius 1 is 1.25 bits per heavy atom. The zero-order valence-electron chi connectivity index (χ0n) is 12.4. The first-order chi connectivity index (χ1) is 9.71. The summed E-state index contributed by atoms with van der Waals surface area (Å²) >= 11 is 0. The number of carbonyl (C=O) groups excluding carboxylic acids is 1. The summed E-state index contributed by atoms with van der Waals surface area (Å²) in [7, 11) is 3.00. The second kappa shape index (κ2) is 9.20. The Hall–Kier alpha value is -1.75. The molecule has 5 heteroatoms. The molecule has 0 amide bonds. The normalized spacial score (nSPS) is 10.2. The number of rotatable bonds is 9. The maximum atomic E-state index is 11.0. The van der Waals surface area contributed by atoms with E-state index in [1.807, 2.05) is 18.2 Å². The van der Waals surface area contributed by atoms with Crippen molar-refractivity contribution in [2.24, 2.45) is 0 Å². The van der Waals surface area contributed by atoms with Gasteiger partial charge in [0.05, 0.1) is 20.8 Å². The van der Waals surface area contributed by atoms with Crippen molar-refractivity contribution in [3.63, 3.8) is 0 Å². The molecular weight excluding hydrogens is 258 g/mol. The number of nitrogens with one attached hydrogen (secondary N) is 1. The van der Waals surface area contributed by atoms with Crippen LogP contribution in [0.5, 0.6) is 11.5 Å². The van der Waals surface area contributed by atoms with Gasteiger partial charge in [-0.15, -0.1) is 0 Å². The lowest BCUT2D eigenvalue weighted by molar-refractivity contribution is -0.140. The summed E-state index contributed by atoms with van der Waals surface area (Å²) in [6.45, 7) is 4.25. The van der Waals surface area contributed by atoms with Crippen LogP contribution in [0.4, 0.5) is 0 Å². The van der Waals surface area contributed by atoms with Crippen LogP contribution in [-0.4, -0.2) is 33.3 Å². The van der Waals surface area contributed by atoms with Crippen LogP contribution < -0.4 is 14.8 Å². The van der Waals surface area contributed by atoms with Crippen LogP contribution in [0, 0.1) is 0 Å². The van der Waals surface area contributed by atoms with Gasteiger partial charge in [-0.05, 0) is 30.7 Å². The van der Waals surface area contributed by atoms with Crippen molar-refractivity contribution in [3.8, 4) is 11.5 Å². The van der Waals surface area contributed by atoms with Gasteiger partial charge >= 0.3 is 5.97 Å². The molecule has 0 aromatic heterocycles. The number of esters is 1. The topological polar surface area (TPSA) is 56.8 Å². The number of carbonyl (C=O) groups is 1. The molecule has 0 fully saturated rings. The lowest BCUT2D eigenvalue weighted by atomic mass is 10.2. The highest BCUT2D eigenvalue weighted by atomic mass is 16.5. The molecule has 0 unspecified atom stereocenters.